The van der Waals surface area contributed by atoms with E-state index in [-0.39, 0.29) is 6.61 Å². The summed E-state index contributed by atoms with van der Waals surface area (Å²) in [5.74, 6) is 0.297. The molecule has 4 heteroatoms. The van der Waals surface area contributed by atoms with Crippen LogP contribution in [0.4, 0.5) is 0 Å². The van der Waals surface area contributed by atoms with Crippen LogP contribution in [0.2, 0.25) is 5.15 Å². The summed E-state index contributed by atoms with van der Waals surface area (Å²) < 4.78 is 1.59. The van der Waals surface area contributed by atoms with Gasteiger partial charge in [-0.05, 0) is 5.92 Å². The summed E-state index contributed by atoms with van der Waals surface area (Å²) in [6, 6.07) is 0. The van der Waals surface area contributed by atoms with Gasteiger partial charge in [-0.1, -0.05) is 25.4 Å². The van der Waals surface area contributed by atoms with Gasteiger partial charge in [0.25, 0.3) is 0 Å². The fraction of sp³-hybridized carbons (Fsp3) is 0.625. The molecule has 1 aromatic rings. The molecule has 0 saturated heterocycles. The van der Waals surface area contributed by atoms with Gasteiger partial charge in [-0.15, -0.1) is 0 Å². The first kappa shape index (κ1) is 9.55. The quantitative estimate of drug-likeness (QED) is 0.767. The van der Waals surface area contributed by atoms with Crippen LogP contribution >= 0.6 is 11.6 Å². The zero-order valence-corrected chi connectivity index (χ0v) is 8.26. The van der Waals surface area contributed by atoms with Crippen molar-refractivity contribution in [3.8, 4) is 0 Å². The molecule has 0 aliphatic rings. The normalized spacial score (nSPS) is 11.2. The summed E-state index contributed by atoms with van der Waals surface area (Å²) in [6.07, 6.45) is 0. The molecule has 0 atom stereocenters. The molecule has 3 nitrogen and oxygen atoms in total. The predicted molar refractivity (Wildman–Crippen MR) is 48.2 cm³/mol. The van der Waals surface area contributed by atoms with Crippen LogP contribution in [0.5, 0.6) is 0 Å². The molecule has 0 bridgehead atoms. The van der Waals surface area contributed by atoms with Gasteiger partial charge in [-0.3, -0.25) is 4.68 Å². The van der Waals surface area contributed by atoms with E-state index in [2.05, 4.69) is 5.10 Å². The maximum absolute atomic E-state index is 9.02. The van der Waals surface area contributed by atoms with Gasteiger partial charge in [-0.25, -0.2) is 0 Å². The molecule has 0 saturated carbocycles. The van der Waals surface area contributed by atoms with Crippen LogP contribution < -0.4 is 0 Å². The number of aromatic nitrogens is 2. The average molecular weight is 189 g/mol. The molecule has 0 aromatic carbocycles. The third-order valence-electron chi connectivity index (χ3n) is 1.81. The van der Waals surface area contributed by atoms with E-state index in [9.17, 15) is 0 Å². The van der Waals surface area contributed by atoms with E-state index >= 15 is 0 Å². The van der Waals surface area contributed by atoms with Gasteiger partial charge in [0, 0.05) is 12.6 Å². The van der Waals surface area contributed by atoms with Crippen LogP contribution in [-0.2, 0) is 13.7 Å². The van der Waals surface area contributed by atoms with Crippen molar-refractivity contribution in [1.29, 1.82) is 0 Å². The summed E-state index contributed by atoms with van der Waals surface area (Å²) in [4.78, 5) is 0. The minimum atomic E-state index is -0.0415. The first-order chi connectivity index (χ1) is 5.57. The van der Waals surface area contributed by atoms with Gasteiger partial charge in [-0.2, -0.15) is 5.10 Å². The molecule has 0 radical (unpaired) electrons. The summed E-state index contributed by atoms with van der Waals surface area (Å²) in [6.45, 7) is 4.01. The maximum Gasteiger partial charge on any atom is 0.132 e. The predicted octanol–water partition coefficient (Wildman–Crippen LogP) is 1.69. The Kier molecular flexibility index (Phi) is 2.75. The lowest BCUT2D eigenvalue weighted by Crippen LogP contribution is -1.94. The van der Waals surface area contributed by atoms with Crippen molar-refractivity contribution in [3.05, 3.63) is 16.4 Å². The monoisotopic (exact) mass is 188 g/mol. The number of hydrogen-bond acceptors (Lipinski definition) is 2. The Hall–Kier alpha value is -0.540. The number of rotatable bonds is 2. The number of aliphatic hydroxyl groups is 1. The minimum absolute atomic E-state index is 0.0415. The molecular weight excluding hydrogens is 176 g/mol. The number of nitrogens with zero attached hydrogens (tertiary/aromatic N) is 2. The maximum atomic E-state index is 9.02. The minimum Gasteiger partial charge on any atom is -0.391 e. The number of hydrogen-bond donors (Lipinski definition) is 1. The number of halogens is 1. The highest BCUT2D eigenvalue weighted by molar-refractivity contribution is 6.30. The molecule has 0 unspecified atom stereocenters. The van der Waals surface area contributed by atoms with Crippen LogP contribution in [0.15, 0.2) is 0 Å². The Morgan fingerprint density at radius 1 is 1.58 bits per heavy atom. The SMILES string of the molecule is CC(C)c1nn(C)c(Cl)c1CO. The molecule has 0 spiro atoms. The zero-order valence-electron chi connectivity index (χ0n) is 7.50. The van der Waals surface area contributed by atoms with Crippen LogP contribution in [-0.4, -0.2) is 14.9 Å². The molecule has 0 aliphatic heterocycles. The second-order valence-electron chi connectivity index (χ2n) is 3.09. The van der Waals surface area contributed by atoms with E-state index in [0.29, 0.717) is 11.1 Å². The van der Waals surface area contributed by atoms with Crippen molar-refractivity contribution in [3.63, 3.8) is 0 Å². The average Bonchev–Trinajstić information content (AvgIpc) is 2.29. The third kappa shape index (κ3) is 1.47. The standard InChI is InChI=1S/C8H13ClN2O/c1-5(2)7-6(4-12)8(9)11(3)10-7/h5,12H,4H2,1-3H3. The Morgan fingerprint density at radius 3 is 2.50 bits per heavy atom. The molecule has 0 amide bonds. The van der Waals surface area contributed by atoms with Gasteiger partial charge in [0.15, 0.2) is 0 Å². The lowest BCUT2D eigenvalue weighted by atomic mass is 10.1. The largest absolute Gasteiger partial charge is 0.391 e. The summed E-state index contributed by atoms with van der Waals surface area (Å²) >= 11 is 5.90. The Morgan fingerprint density at radius 2 is 2.17 bits per heavy atom. The molecular formula is C8H13ClN2O. The summed E-state index contributed by atoms with van der Waals surface area (Å²) in [5, 5.41) is 13.8. The molecule has 68 valence electrons. The topological polar surface area (TPSA) is 38.0 Å². The van der Waals surface area contributed by atoms with Crippen molar-refractivity contribution < 1.29 is 5.11 Å². The fourth-order valence-electron chi connectivity index (χ4n) is 1.18. The molecule has 1 heterocycles. The number of aryl methyl sites for hydroxylation is 1. The van der Waals surface area contributed by atoms with Crippen molar-refractivity contribution in [2.45, 2.75) is 26.4 Å². The lowest BCUT2D eigenvalue weighted by molar-refractivity contribution is 0.280. The second-order valence-corrected chi connectivity index (χ2v) is 3.45. The van der Waals surface area contributed by atoms with E-state index in [1.165, 1.54) is 0 Å². The van der Waals surface area contributed by atoms with Crippen molar-refractivity contribution >= 4 is 11.6 Å². The highest BCUT2D eigenvalue weighted by atomic mass is 35.5. The summed E-state index contributed by atoms with van der Waals surface area (Å²) in [5.41, 5.74) is 1.62. The van der Waals surface area contributed by atoms with Gasteiger partial charge >= 0.3 is 0 Å². The third-order valence-corrected chi connectivity index (χ3v) is 2.28. The highest BCUT2D eigenvalue weighted by Gasteiger charge is 2.15. The van der Waals surface area contributed by atoms with E-state index in [1.807, 2.05) is 13.8 Å². The van der Waals surface area contributed by atoms with E-state index in [1.54, 1.807) is 11.7 Å². The van der Waals surface area contributed by atoms with E-state index in [0.717, 1.165) is 11.3 Å². The Labute approximate surface area is 77.0 Å². The van der Waals surface area contributed by atoms with Gasteiger partial charge < -0.3 is 5.11 Å². The van der Waals surface area contributed by atoms with Crippen molar-refractivity contribution in [2.24, 2.45) is 7.05 Å². The van der Waals surface area contributed by atoms with Crippen LogP contribution in [0, 0.1) is 0 Å². The smallest absolute Gasteiger partial charge is 0.132 e. The molecule has 0 fully saturated rings. The first-order valence-corrected chi connectivity index (χ1v) is 4.27. The van der Waals surface area contributed by atoms with Gasteiger partial charge in [0.2, 0.25) is 0 Å². The van der Waals surface area contributed by atoms with Crippen molar-refractivity contribution in [2.75, 3.05) is 0 Å². The lowest BCUT2D eigenvalue weighted by Gasteiger charge is -2.01. The molecule has 12 heavy (non-hydrogen) atoms. The Balaban J connectivity index is 3.20. The molecule has 1 rings (SSSR count). The molecule has 1 aromatic heterocycles. The van der Waals surface area contributed by atoms with Crippen LogP contribution in [0.25, 0.3) is 0 Å². The van der Waals surface area contributed by atoms with E-state index < -0.39 is 0 Å². The molecule has 1 N–H and O–H groups in total. The number of aliphatic hydroxyl groups excluding tert-OH is 1. The Bertz CT molecular complexity index is 281. The van der Waals surface area contributed by atoms with Crippen molar-refractivity contribution in [1.82, 2.24) is 9.78 Å². The van der Waals surface area contributed by atoms with E-state index in [4.69, 9.17) is 16.7 Å². The van der Waals surface area contributed by atoms with Gasteiger partial charge in [0.05, 0.1) is 12.3 Å². The van der Waals surface area contributed by atoms with Gasteiger partial charge in [0.1, 0.15) is 5.15 Å². The zero-order chi connectivity index (χ0) is 9.30. The van der Waals surface area contributed by atoms with Crippen LogP contribution in [0.3, 0.4) is 0 Å². The first-order valence-electron chi connectivity index (χ1n) is 3.90. The highest BCUT2D eigenvalue weighted by Crippen LogP contribution is 2.24. The second kappa shape index (κ2) is 3.46. The summed E-state index contributed by atoms with van der Waals surface area (Å²) in [7, 11) is 1.77. The van der Waals surface area contributed by atoms with Crippen LogP contribution in [0.1, 0.15) is 31.0 Å². The molecule has 0 aliphatic carbocycles. The fourth-order valence-corrected chi connectivity index (χ4v) is 1.37.